The fraction of sp³-hybridized carbons (Fsp3) is 0.118. The Labute approximate surface area is 129 Å². The summed E-state index contributed by atoms with van der Waals surface area (Å²) in [4.78, 5) is 0. The molecule has 3 nitrogen and oxygen atoms in total. The molecule has 2 N–H and O–H groups in total. The van der Waals surface area contributed by atoms with Crippen LogP contribution in [0, 0.1) is 13.8 Å². The van der Waals surface area contributed by atoms with E-state index in [2.05, 4.69) is 37.1 Å². The van der Waals surface area contributed by atoms with Crippen molar-refractivity contribution in [1.82, 2.24) is 9.78 Å². The van der Waals surface area contributed by atoms with Gasteiger partial charge in [0.2, 0.25) is 0 Å². The Balaban J connectivity index is 2.09. The molecule has 0 spiro atoms. The molecule has 1 aromatic heterocycles. The quantitative estimate of drug-likeness (QED) is 0.762. The summed E-state index contributed by atoms with van der Waals surface area (Å²) in [7, 11) is 0. The number of halogens is 1. The maximum absolute atomic E-state index is 6.12. The molecule has 0 aliphatic carbocycles. The van der Waals surface area contributed by atoms with E-state index in [4.69, 9.17) is 17.3 Å². The summed E-state index contributed by atoms with van der Waals surface area (Å²) in [6.45, 7) is 4.13. The Morgan fingerprint density at radius 2 is 1.76 bits per heavy atom. The third-order valence-electron chi connectivity index (χ3n) is 3.47. The summed E-state index contributed by atoms with van der Waals surface area (Å²) < 4.78 is 1.83. The topological polar surface area (TPSA) is 43.8 Å². The monoisotopic (exact) mass is 297 g/mol. The molecule has 3 aromatic rings. The van der Waals surface area contributed by atoms with Crippen molar-refractivity contribution in [3.63, 3.8) is 0 Å². The molecule has 106 valence electrons. The Hall–Kier alpha value is -2.26. The molecule has 0 aliphatic rings. The highest BCUT2D eigenvalue weighted by Gasteiger charge is 2.11. The second-order valence-electron chi connectivity index (χ2n) is 5.17. The van der Waals surface area contributed by atoms with E-state index in [1.54, 1.807) is 0 Å². The molecule has 0 saturated carbocycles. The standard InChI is InChI=1S/C17H16ClN3/c1-11-3-4-12(2)16(9-11)21-10-15(19)17(20-21)13-5-7-14(18)8-6-13/h3-10H,19H2,1-2H3. The van der Waals surface area contributed by atoms with Crippen LogP contribution in [-0.4, -0.2) is 9.78 Å². The molecule has 2 aromatic carbocycles. The molecular formula is C17H16ClN3. The minimum Gasteiger partial charge on any atom is -0.396 e. The Kier molecular flexibility index (Phi) is 3.43. The van der Waals surface area contributed by atoms with Crippen LogP contribution in [0.15, 0.2) is 48.7 Å². The molecule has 0 atom stereocenters. The summed E-state index contributed by atoms with van der Waals surface area (Å²) in [5, 5.41) is 5.33. The maximum Gasteiger partial charge on any atom is 0.116 e. The molecule has 4 heteroatoms. The molecule has 3 rings (SSSR count). The van der Waals surface area contributed by atoms with Gasteiger partial charge in [-0.15, -0.1) is 0 Å². The summed E-state index contributed by atoms with van der Waals surface area (Å²) in [6, 6.07) is 13.8. The van der Waals surface area contributed by atoms with Crippen LogP contribution in [0.5, 0.6) is 0 Å². The van der Waals surface area contributed by atoms with Crippen molar-refractivity contribution in [1.29, 1.82) is 0 Å². The maximum atomic E-state index is 6.12. The van der Waals surface area contributed by atoms with Crippen molar-refractivity contribution in [2.45, 2.75) is 13.8 Å². The van der Waals surface area contributed by atoms with Crippen LogP contribution in [0.1, 0.15) is 11.1 Å². The molecule has 21 heavy (non-hydrogen) atoms. The molecule has 0 unspecified atom stereocenters. The van der Waals surface area contributed by atoms with E-state index in [9.17, 15) is 0 Å². The van der Waals surface area contributed by atoms with Gasteiger partial charge >= 0.3 is 0 Å². The van der Waals surface area contributed by atoms with Gasteiger partial charge in [-0.2, -0.15) is 5.10 Å². The van der Waals surface area contributed by atoms with Gasteiger partial charge in [0.1, 0.15) is 5.69 Å². The van der Waals surface area contributed by atoms with Crippen molar-refractivity contribution in [2.24, 2.45) is 0 Å². The van der Waals surface area contributed by atoms with Gasteiger partial charge in [-0.05, 0) is 43.2 Å². The lowest BCUT2D eigenvalue weighted by molar-refractivity contribution is 0.875. The Bertz CT molecular complexity index is 788. The normalized spacial score (nSPS) is 10.8. The van der Waals surface area contributed by atoms with Crippen molar-refractivity contribution in [3.8, 4) is 16.9 Å². The predicted molar refractivity (Wildman–Crippen MR) is 87.9 cm³/mol. The van der Waals surface area contributed by atoms with E-state index in [1.165, 1.54) is 5.56 Å². The van der Waals surface area contributed by atoms with Crippen molar-refractivity contribution in [3.05, 3.63) is 64.8 Å². The van der Waals surface area contributed by atoms with Gasteiger partial charge in [0, 0.05) is 10.6 Å². The van der Waals surface area contributed by atoms with Crippen molar-refractivity contribution in [2.75, 3.05) is 5.73 Å². The van der Waals surface area contributed by atoms with E-state index in [-0.39, 0.29) is 0 Å². The van der Waals surface area contributed by atoms with Gasteiger partial charge < -0.3 is 5.73 Å². The van der Waals surface area contributed by atoms with E-state index >= 15 is 0 Å². The van der Waals surface area contributed by atoms with Crippen LogP contribution < -0.4 is 5.73 Å². The number of aromatic nitrogens is 2. The highest BCUT2D eigenvalue weighted by molar-refractivity contribution is 6.30. The van der Waals surface area contributed by atoms with Crippen molar-refractivity contribution >= 4 is 17.3 Å². The second kappa shape index (κ2) is 5.26. The van der Waals surface area contributed by atoms with E-state index < -0.39 is 0 Å². The number of anilines is 1. The zero-order valence-corrected chi connectivity index (χ0v) is 12.7. The van der Waals surface area contributed by atoms with Gasteiger partial charge in [-0.1, -0.05) is 35.9 Å². The summed E-state index contributed by atoms with van der Waals surface area (Å²) >= 11 is 5.92. The Morgan fingerprint density at radius 3 is 2.48 bits per heavy atom. The average Bonchev–Trinajstić information content (AvgIpc) is 2.84. The molecule has 1 heterocycles. The van der Waals surface area contributed by atoms with Crippen LogP contribution in [-0.2, 0) is 0 Å². The summed E-state index contributed by atoms with van der Waals surface area (Å²) in [6.07, 6.45) is 1.85. The SMILES string of the molecule is Cc1ccc(C)c(-n2cc(N)c(-c3ccc(Cl)cc3)n2)c1. The van der Waals surface area contributed by atoms with E-state index in [1.807, 2.05) is 35.1 Å². The largest absolute Gasteiger partial charge is 0.396 e. The van der Waals surface area contributed by atoms with E-state index in [0.717, 1.165) is 22.5 Å². The lowest BCUT2D eigenvalue weighted by atomic mass is 10.1. The van der Waals surface area contributed by atoms with Crippen LogP contribution >= 0.6 is 11.6 Å². The lowest BCUT2D eigenvalue weighted by Gasteiger charge is -2.06. The first-order chi connectivity index (χ1) is 10.0. The number of hydrogen-bond acceptors (Lipinski definition) is 2. The molecule has 0 amide bonds. The van der Waals surface area contributed by atoms with Gasteiger partial charge in [0.05, 0.1) is 17.6 Å². The number of hydrogen-bond donors (Lipinski definition) is 1. The van der Waals surface area contributed by atoms with Crippen molar-refractivity contribution < 1.29 is 0 Å². The third kappa shape index (κ3) is 2.65. The molecule has 0 bridgehead atoms. The van der Waals surface area contributed by atoms with Crippen LogP contribution in [0.25, 0.3) is 16.9 Å². The third-order valence-corrected chi connectivity index (χ3v) is 3.72. The molecular weight excluding hydrogens is 282 g/mol. The van der Waals surface area contributed by atoms with Gasteiger partial charge in [0.15, 0.2) is 0 Å². The first kappa shape index (κ1) is 13.7. The lowest BCUT2D eigenvalue weighted by Crippen LogP contribution is -1.98. The van der Waals surface area contributed by atoms with Gasteiger partial charge in [-0.3, -0.25) is 0 Å². The zero-order valence-electron chi connectivity index (χ0n) is 12.0. The molecule has 0 aliphatic heterocycles. The number of nitrogen functional groups attached to an aromatic ring is 1. The Morgan fingerprint density at radius 1 is 1.05 bits per heavy atom. The molecule has 0 saturated heterocycles. The fourth-order valence-corrected chi connectivity index (χ4v) is 2.44. The minimum absolute atomic E-state index is 0.651. The zero-order chi connectivity index (χ0) is 15.0. The summed E-state index contributed by atoms with van der Waals surface area (Å²) in [5.74, 6) is 0. The number of rotatable bonds is 2. The van der Waals surface area contributed by atoms with Crippen LogP contribution in [0.2, 0.25) is 5.02 Å². The number of aryl methyl sites for hydroxylation is 2. The predicted octanol–water partition coefficient (Wildman–Crippen LogP) is 4.39. The smallest absolute Gasteiger partial charge is 0.116 e. The fourth-order valence-electron chi connectivity index (χ4n) is 2.31. The molecule has 0 fully saturated rings. The first-order valence-corrected chi connectivity index (χ1v) is 7.11. The number of nitrogens with two attached hydrogens (primary N) is 1. The minimum atomic E-state index is 0.651. The first-order valence-electron chi connectivity index (χ1n) is 6.73. The summed E-state index contributed by atoms with van der Waals surface area (Å²) in [5.41, 5.74) is 11.9. The second-order valence-corrected chi connectivity index (χ2v) is 5.61. The van der Waals surface area contributed by atoms with Crippen LogP contribution in [0.4, 0.5) is 5.69 Å². The van der Waals surface area contributed by atoms with Gasteiger partial charge in [0.25, 0.3) is 0 Å². The highest BCUT2D eigenvalue weighted by atomic mass is 35.5. The highest BCUT2D eigenvalue weighted by Crippen LogP contribution is 2.27. The van der Waals surface area contributed by atoms with E-state index in [0.29, 0.717) is 10.7 Å². The van der Waals surface area contributed by atoms with Gasteiger partial charge in [-0.25, -0.2) is 4.68 Å². The number of benzene rings is 2. The molecule has 0 radical (unpaired) electrons. The average molecular weight is 298 g/mol. The van der Waals surface area contributed by atoms with Crippen LogP contribution in [0.3, 0.4) is 0 Å². The number of nitrogens with zero attached hydrogens (tertiary/aromatic N) is 2.